The summed E-state index contributed by atoms with van der Waals surface area (Å²) in [6.45, 7) is 0. The Balaban J connectivity index is 3.48. The fourth-order valence-corrected chi connectivity index (χ4v) is 1.19. The molecule has 1 aromatic heterocycles. The molecule has 0 atom stereocenters. The lowest BCUT2D eigenvalue weighted by molar-refractivity contribution is -0.393. The fourth-order valence-electron chi connectivity index (χ4n) is 1.19. The van der Waals surface area contributed by atoms with E-state index in [2.05, 4.69) is 19.2 Å². The summed E-state index contributed by atoms with van der Waals surface area (Å²) in [5, 5.41) is 10.7. The second-order valence-corrected chi connectivity index (χ2v) is 3.16. The first kappa shape index (κ1) is 15.5. The fraction of sp³-hybridized carbons (Fsp3) is 0.333. The number of nitrogens with zero attached hydrogens (tertiary/aromatic N) is 2. The molecule has 0 unspecified atom stereocenters. The molecule has 0 N–H and O–H groups in total. The molecular weight excluding hydrogens is 289 g/mol. The van der Waals surface area contributed by atoms with Crippen LogP contribution in [0.4, 0.5) is 19.0 Å². The van der Waals surface area contributed by atoms with Crippen molar-refractivity contribution < 1.29 is 37.1 Å². The third-order valence-corrected chi connectivity index (χ3v) is 1.93. The van der Waals surface area contributed by atoms with Crippen LogP contribution in [0.3, 0.4) is 0 Å². The molecule has 0 spiro atoms. The number of pyridine rings is 1. The number of alkyl halides is 3. The molecule has 0 fully saturated rings. The second-order valence-electron chi connectivity index (χ2n) is 3.16. The van der Waals surface area contributed by atoms with Gasteiger partial charge in [0.25, 0.3) is 11.4 Å². The maximum Gasteiger partial charge on any atom is 0.573 e. The molecule has 0 saturated heterocycles. The molecule has 0 radical (unpaired) electrons. The van der Waals surface area contributed by atoms with E-state index < -0.39 is 40.3 Å². The number of halogens is 3. The number of carbonyl (C=O) groups is 1. The van der Waals surface area contributed by atoms with E-state index in [1.807, 2.05) is 0 Å². The van der Waals surface area contributed by atoms with Gasteiger partial charge in [0.15, 0.2) is 5.75 Å². The van der Waals surface area contributed by atoms with E-state index in [-0.39, 0.29) is 0 Å². The minimum Gasteiger partial charge on any atom is -0.492 e. The summed E-state index contributed by atoms with van der Waals surface area (Å²) in [6, 6.07) is 0.736. The minimum absolute atomic E-state index is 0.592. The maximum atomic E-state index is 12.2. The number of ether oxygens (including phenoxy) is 3. The van der Waals surface area contributed by atoms with Gasteiger partial charge in [-0.15, -0.1) is 13.2 Å². The second kappa shape index (κ2) is 5.59. The van der Waals surface area contributed by atoms with Crippen LogP contribution in [-0.4, -0.2) is 36.5 Å². The van der Waals surface area contributed by atoms with Crippen LogP contribution in [0.15, 0.2) is 6.07 Å². The number of rotatable bonds is 4. The van der Waals surface area contributed by atoms with Crippen molar-refractivity contribution >= 4 is 11.8 Å². The van der Waals surface area contributed by atoms with Crippen LogP contribution in [0.1, 0.15) is 10.5 Å². The molecule has 0 aromatic carbocycles. The third-order valence-electron chi connectivity index (χ3n) is 1.93. The van der Waals surface area contributed by atoms with E-state index in [0.29, 0.717) is 0 Å². The van der Waals surface area contributed by atoms with Crippen molar-refractivity contribution in [2.75, 3.05) is 14.2 Å². The summed E-state index contributed by atoms with van der Waals surface area (Å²) in [6.07, 6.45) is -5.19. The Kier molecular flexibility index (Phi) is 4.32. The summed E-state index contributed by atoms with van der Waals surface area (Å²) in [5.74, 6) is -4.32. The highest BCUT2D eigenvalue weighted by Crippen LogP contribution is 2.39. The highest BCUT2D eigenvalue weighted by molar-refractivity contribution is 5.88. The van der Waals surface area contributed by atoms with Gasteiger partial charge in [0, 0.05) is 6.07 Å². The van der Waals surface area contributed by atoms with E-state index in [1.165, 1.54) is 0 Å². The number of methoxy groups -OCH3 is 2. The van der Waals surface area contributed by atoms with Gasteiger partial charge in [0.05, 0.1) is 14.2 Å². The number of aromatic nitrogens is 1. The van der Waals surface area contributed by atoms with Crippen molar-refractivity contribution in [3.05, 3.63) is 21.9 Å². The third kappa shape index (κ3) is 3.46. The molecule has 110 valence electrons. The summed E-state index contributed by atoms with van der Waals surface area (Å²) in [4.78, 5) is 23.9. The van der Waals surface area contributed by atoms with Gasteiger partial charge in [0.1, 0.15) is 0 Å². The Morgan fingerprint density at radius 1 is 1.40 bits per heavy atom. The number of carbonyl (C=O) groups excluding carboxylic acids is 1. The lowest BCUT2D eigenvalue weighted by Gasteiger charge is -2.12. The first-order valence-corrected chi connectivity index (χ1v) is 4.77. The molecule has 0 bridgehead atoms. The number of hydrogen-bond donors (Lipinski definition) is 0. The van der Waals surface area contributed by atoms with E-state index >= 15 is 0 Å². The van der Waals surface area contributed by atoms with Gasteiger partial charge in [-0.2, -0.15) is 0 Å². The lowest BCUT2D eigenvalue weighted by Crippen LogP contribution is -2.19. The molecule has 1 heterocycles. The predicted octanol–water partition coefficient (Wildman–Crippen LogP) is 1.68. The molecular formula is C9H7F3N2O6. The van der Waals surface area contributed by atoms with E-state index in [9.17, 15) is 28.1 Å². The summed E-state index contributed by atoms with van der Waals surface area (Å²) < 4.78 is 48.9. The van der Waals surface area contributed by atoms with E-state index in [0.717, 1.165) is 20.3 Å². The summed E-state index contributed by atoms with van der Waals surface area (Å²) in [7, 11) is 1.92. The van der Waals surface area contributed by atoms with Gasteiger partial charge >= 0.3 is 18.1 Å². The highest BCUT2D eigenvalue weighted by atomic mass is 19.4. The molecule has 11 heteroatoms. The van der Waals surface area contributed by atoms with Gasteiger partial charge in [-0.1, -0.05) is 0 Å². The van der Waals surface area contributed by atoms with Crippen LogP contribution in [0.5, 0.6) is 11.5 Å². The quantitative estimate of drug-likeness (QED) is 0.473. The number of nitro groups is 1. The summed E-state index contributed by atoms with van der Waals surface area (Å²) >= 11 is 0. The van der Waals surface area contributed by atoms with Crippen LogP contribution >= 0.6 is 0 Å². The van der Waals surface area contributed by atoms with Crippen molar-refractivity contribution in [2.24, 2.45) is 0 Å². The zero-order valence-electron chi connectivity index (χ0n) is 10.1. The van der Waals surface area contributed by atoms with Crippen molar-refractivity contribution in [3.63, 3.8) is 0 Å². The summed E-state index contributed by atoms with van der Waals surface area (Å²) in [5.41, 5.74) is -0.592. The Morgan fingerprint density at radius 2 is 2.00 bits per heavy atom. The van der Waals surface area contributed by atoms with Crippen molar-refractivity contribution in [1.29, 1.82) is 0 Å². The van der Waals surface area contributed by atoms with Gasteiger partial charge < -0.3 is 24.3 Å². The van der Waals surface area contributed by atoms with E-state index in [4.69, 9.17) is 0 Å². The molecule has 0 amide bonds. The van der Waals surface area contributed by atoms with Gasteiger partial charge in [-0.25, -0.2) is 4.79 Å². The van der Waals surface area contributed by atoms with Crippen LogP contribution in [-0.2, 0) is 4.74 Å². The van der Waals surface area contributed by atoms with Gasteiger partial charge in [0.2, 0.25) is 0 Å². The van der Waals surface area contributed by atoms with Crippen molar-refractivity contribution in [2.45, 2.75) is 6.36 Å². The number of esters is 1. The van der Waals surface area contributed by atoms with E-state index in [1.54, 1.807) is 0 Å². The lowest BCUT2D eigenvalue weighted by atomic mass is 10.3. The normalized spacial score (nSPS) is 10.8. The zero-order chi connectivity index (χ0) is 15.5. The largest absolute Gasteiger partial charge is 0.573 e. The molecule has 1 aromatic rings. The zero-order valence-corrected chi connectivity index (χ0v) is 10.1. The first-order chi connectivity index (χ1) is 9.19. The molecule has 0 saturated carbocycles. The van der Waals surface area contributed by atoms with Crippen molar-refractivity contribution in [3.8, 4) is 11.5 Å². The Hall–Kier alpha value is -2.59. The molecule has 0 aliphatic heterocycles. The Bertz CT molecular complexity index is 545. The van der Waals surface area contributed by atoms with Gasteiger partial charge in [-0.3, -0.25) is 0 Å². The highest BCUT2D eigenvalue weighted by Gasteiger charge is 2.38. The molecule has 8 nitrogen and oxygen atoms in total. The average Bonchev–Trinajstić information content (AvgIpc) is 2.35. The molecule has 0 aliphatic rings. The van der Waals surface area contributed by atoms with Crippen LogP contribution < -0.4 is 9.47 Å². The van der Waals surface area contributed by atoms with Crippen LogP contribution in [0.25, 0.3) is 0 Å². The Labute approximate surface area is 109 Å². The maximum absolute atomic E-state index is 12.2. The monoisotopic (exact) mass is 296 g/mol. The number of hydrogen-bond acceptors (Lipinski definition) is 7. The predicted molar refractivity (Wildman–Crippen MR) is 55.5 cm³/mol. The SMILES string of the molecule is COC(=O)c1cc(OC)c(OC(F)(F)F)c([N+](=O)[O-])n1. The standard InChI is InChI=1S/C9H7F3N2O6/c1-18-5-3-4(8(15)19-2)13-7(14(16)17)6(5)20-9(10,11)12/h3H,1-2H3. The Morgan fingerprint density at radius 3 is 2.40 bits per heavy atom. The van der Waals surface area contributed by atoms with Crippen LogP contribution in [0, 0.1) is 10.1 Å². The first-order valence-electron chi connectivity index (χ1n) is 4.77. The molecule has 1 rings (SSSR count). The smallest absolute Gasteiger partial charge is 0.492 e. The van der Waals surface area contributed by atoms with Crippen molar-refractivity contribution in [1.82, 2.24) is 4.98 Å². The van der Waals surface area contributed by atoms with Gasteiger partial charge in [-0.05, 0) is 9.91 Å². The molecule has 20 heavy (non-hydrogen) atoms. The molecule has 0 aliphatic carbocycles. The topological polar surface area (TPSA) is 101 Å². The van der Waals surface area contributed by atoms with Crippen LogP contribution in [0.2, 0.25) is 0 Å². The minimum atomic E-state index is -5.19. The average molecular weight is 296 g/mol.